The van der Waals surface area contributed by atoms with E-state index in [1.807, 2.05) is 20.8 Å². The van der Waals surface area contributed by atoms with E-state index in [-0.39, 0.29) is 24.3 Å². The van der Waals surface area contributed by atoms with Crippen LogP contribution in [-0.2, 0) is 14.8 Å². The number of carbonyl (C=O) groups is 1. The van der Waals surface area contributed by atoms with Gasteiger partial charge in [0, 0.05) is 25.7 Å². The van der Waals surface area contributed by atoms with Gasteiger partial charge in [-0.05, 0) is 39.5 Å². The van der Waals surface area contributed by atoms with Gasteiger partial charge in [0.05, 0.1) is 5.75 Å². The van der Waals surface area contributed by atoms with Crippen molar-refractivity contribution in [1.29, 1.82) is 0 Å². The Morgan fingerprint density at radius 3 is 2.62 bits per heavy atom. The minimum atomic E-state index is -3.35. The fraction of sp³-hybridized carbons (Fsp3) is 0.929. The van der Waals surface area contributed by atoms with Gasteiger partial charge in [-0.3, -0.25) is 4.79 Å². The van der Waals surface area contributed by atoms with Gasteiger partial charge < -0.3 is 10.0 Å². The predicted octanol–water partition coefficient (Wildman–Crippen LogP) is 0.810. The summed E-state index contributed by atoms with van der Waals surface area (Å²) in [7, 11) is -3.35. The molecular weight excluding hydrogens is 292 g/mol. The number of aliphatic hydroxyl groups excluding tert-OH is 1. The van der Waals surface area contributed by atoms with Crippen molar-refractivity contribution in [3.05, 3.63) is 0 Å². The third-order valence-corrected chi connectivity index (χ3v) is 5.85. The zero-order valence-corrected chi connectivity index (χ0v) is 14.1. The summed E-state index contributed by atoms with van der Waals surface area (Å²) >= 11 is 0. The number of sulfonamides is 1. The lowest BCUT2D eigenvalue weighted by molar-refractivity contribution is -0.136. The number of hydrogen-bond donors (Lipinski definition) is 1. The molecule has 0 aliphatic carbocycles. The van der Waals surface area contributed by atoms with E-state index in [9.17, 15) is 13.2 Å². The summed E-state index contributed by atoms with van der Waals surface area (Å²) in [6.07, 6.45) is 2.38. The average Bonchev–Trinajstić information content (AvgIpc) is 2.88. The van der Waals surface area contributed by atoms with Gasteiger partial charge in [0.1, 0.15) is 6.04 Å². The molecule has 1 N–H and O–H groups in total. The molecule has 124 valence electrons. The molecule has 1 aliphatic rings. The molecule has 1 aliphatic heterocycles. The summed E-state index contributed by atoms with van der Waals surface area (Å²) in [4.78, 5) is 14.4. The molecule has 0 radical (unpaired) electrons. The zero-order valence-electron chi connectivity index (χ0n) is 13.3. The second kappa shape index (κ2) is 8.10. The molecule has 1 fully saturated rings. The topological polar surface area (TPSA) is 77.9 Å². The minimum absolute atomic E-state index is 0.000351. The van der Waals surface area contributed by atoms with Crippen molar-refractivity contribution in [2.24, 2.45) is 0 Å². The first kappa shape index (κ1) is 18.4. The smallest absolute Gasteiger partial charge is 0.241 e. The van der Waals surface area contributed by atoms with Crippen molar-refractivity contribution >= 4 is 15.9 Å². The molecule has 0 aromatic rings. The number of hydrogen-bond acceptors (Lipinski definition) is 4. The van der Waals surface area contributed by atoms with Crippen molar-refractivity contribution in [3.8, 4) is 0 Å². The second-order valence-corrected chi connectivity index (χ2v) is 7.83. The highest BCUT2D eigenvalue weighted by molar-refractivity contribution is 7.89. The number of aliphatic hydroxyl groups is 1. The van der Waals surface area contributed by atoms with Gasteiger partial charge in [-0.1, -0.05) is 6.92 Å². The van der Waals surface area contributed by atoms with Gasteiger partial charge in [0.15, 0.2) is 0 Å². The molecule has 1 heterocycles. The van der Waals surface area contributed by atoms with Crippen molar-refractivity contribution in [1.82, 2.24) is 9.21 Å². The lowest BCUT2D eigenvalue weighted by Gasteiger charge is -2.32. The molecular formula is C14H28N2O4S. The predicted molar refractivity (Wildman–Crippen MR) is 82.4 cm³/mol. The van der Waals surface area contributed by atoms with Gasteiger partial charge in [0.2, 0.25) is 15.9 Å². The van der Waals surface area contributed by atoms with E-state index in [1.165, 1.54) is 4.31 Å². The molecule has 0 bridgehead atoms. The maximum atomic E-state index is 12.7. The van der Waals surface area contributed by atoms with Crippen LogP contribution < -0.4 is 0 Å². The van der Waals surface area contributed by atoms with Crippen molar-refractivity contribution < 1.29 is 18.3 Å². The number of carbonyl (C=O) groups excluding carboxylic acids is 1. The third kappa shape index (κ3) is 4.66. The highest BCUT2D eigenvalue weighted by atomic mass is 32.2. The molecule has 0 saturated carbocycles. The van der Waals surface area contributed by atoms with E-state index in [4.69, 9.17) is 5.11 Å². The van der Waals surface area contributed by atoms with Crippen LogP contribution in [-0.4, -0.2) is 66.2 Å². The summed E-state index contributed by atoms with van der Waals surface area (Å²) < 4.78 is 25.9. The Kier molecular flexibility index (Phi) is 7.09. The van der Waals surface area contributed by atoms with Crippen LogP contribution >= 0.6 is 0 Å². The maximum Gasteiger partial charge on any atom is 0.241 e. The molecule has 1 unspecified atom stereocenters. The summed E-state index contributed by atoms with van der Waals surface area (Å²) in [5.41, 5.74) is 0. The van der Waals surface area contributed by atoms with E-state index >= 15 is 0 Å². The normalized spacial score (nSPS) is 20.1. The van der Waals surface area contributed by atoms with Crippen LogP contribution in [0.15, 0.2) is 0 Å². The van der Waals surface area contributed by atoms with Gasteiger partial charge in [-0.2, -0.15) is 4.31 Å². The Labute approximate surface area is 128 Å². The second-order valence-electron chi connectivity index (χ2n) is 5.79. The number of nitrogens with zero attached hydrogens (tertiary/aromatic N) is 2. The van der Waals surface area contributed by atoms with E-state index in [2.05, 4.69) is 0 Å². The maximum absolute atomic E-state index is 12.7. The molecule has 7 heteroatoms. The monoisotopic (exact) mass is 320 g/mol. The highest BCUT2D eigenvalue weighted by Crippen LogP contribution is 2.24. The molecule has 0 aromatic carbocycles. The van der Waals surface area contributed by atoms with Crippen LogP contribution in [0.25, 0.3) is 0 Å². The molecule has 0 spiro atoms. The summed E-state index contributed by atoms with van der Waals surface area (Å²) in [5.74, 6) is -0.0367. The molecule has 1 amide bonds. The fourth-order valence-electron chi connectivity index (χ4n) is 2.75. The zero-order chi connectivity index (χ0) is 16.0. The van der Waals surface area contributed by atoms with Crippen LogP contribution in [0.2, 0.25) is 0 Å². The lowest BCUT2D eigenvalue weighted by atomic mass is 10.1. The number of rotatable bonds is 8. The van der Waals surface area contributed by atoms with Gasteiger partial charge in [-0.15, -0.1) is 0 Å². The summed E-state index contributed by atoms with van der Waals surface area (Å²) in [6, 6.07) is -0.567. The Hall–Kier alpha value is -0.660. The van der Waals surface area contributed by atoms with Crippen LogP contribution in [0.1, 0.15) is 46.5 Å². The Morgan fingerprint density at radius 2 is 2.10 bits per heavy atom. The molecule has 21 heavy (non-hydrogen) atoms. The Bertz CT molecular complexity index is 436. The van der Waals surface area contributed by atoms with Gasteiger partial charge in [0.25, 0.3) is 0 Å². The first-order valence-corrected chi connectivity index (χ1v) is 9.37. The molecule has 6 nitrogen and oxygen atoms in total. The van der Waals surface area contributed by atoms with Crippen LogP contribution in [0, 0.1) is 0 Å². The van der Waals surface area contributed by atoms with E-state index in [0.717, 1.165) is 6.42 Å². The van der Waals surface area contributed by atoms with E-state index in [1.54, 1.807) is 4.90 Å². The van der Waals surface area contributed by atoms with E-state index in [0.29, 0.717) is 32.4 Å². The molecule has 1 saturated heterocycles. The molecule has 1 rings (SSSR count). The SMILES string of the molecule is CCCS(=O)(=O)N1CCCC1C(=O)N(CCCO)C(C)C. The van der Waals surface area contributed by atoms with Crippen molar-refractivity contribution in [2.45, 2.75) is 58.5 Å². The summed E-state index contributed by atoms with van der Waals surface area (Å²) in [5, 5.41) is 8.95. The van der Waals surface area contributed by atoms with Gasteiger partial charge in [-0.25, -0.2) is 8.42 Å². The van der Waals surface area contributed by atoms with Crippen molar-refractivity contribution in [2.75, 3.05) is 25.4 Å². The van der Waals surface area contributed by atoms with Crippen LogP contribution in [0.5, 0.6) is 0 Å². The Morgan fingerprint density at radius 1 is 1.43 bits per heavy atom. The number of amides is 1. The molecule has 1 atom stereocenters. The van der Waals surface area contributed by atoms with Crippen LogP contribution in [0.4, 0.5) is 0 Å². The fourth-order valence-corrected chi connectivity index (χ4v) is 4.49. The first-order valence-electron chi connectivity index (χ1n) is 7.76. The molecule has 0 aromatic heterocycles. The Balaban J connectivity index is 2.88. The van der Waals surface area contributed by atoms with Crippen molar-refractivity contribution in [3.63, 3.8) is 0 Å². The summed E-state index contributed by atoms with van der Waals surface area (Å²) in [6.45, 7) is 6.57. The largest absolute Gasteiger partial charge is 0.396 e. The highest BCUT2D eigenvalue weighted by Gasteiger charge is 2.40. The third-order valence-electron chi connectivity index (χ3n) is 3.77. The van der Waals surface area contributed by atoms with Gasteiger partial charge >= 0.3 is 0 Å². The first-order chi connectivity index (χ1) is 9.85. The standard InChI is InChI=1S/C14H28N2O4S/c1-4-11-21(19,20)16-9-5-7-13(16)14(18)15(12(2)3)8-6-10-17/h12-13,17H,4-11H2,1-3H3. The average molecular weight is 320 g/mol. The van der Waals surface area contributed by atoms with Crippen LogP contribution in [0.3, 0.4) is 0 Å². The quantitative estimate of drug-likeness (QED) is 0.718. The minimum Gasteiger partial charge on any atom is -0.396 e. The lowest BCUT2D eigenvalue weighted by Crippen LogP contribution is -2.50. The van der Waals surface area contributed by atoms with E-state index < -0.39 is 16.1 Å².